The van der Waals surface area contributed by atoms with Crippen molar-refractivity contribution in [2.75, 3.05) is 21.3 Å². The second-order valence-corrected chi connectivity index (χ2v) is 6.48. The van der Waals surface area contributed by atoms with Crippen molar-refractivity contribution in [3.05, 3.63) is 28.0 Å². The van der Waals surface area contributed by atoms with Crippen molar-refractivity contribution < 1.29 is 24.4 Å². The molecule has 0 saturated heterocycles. The number of pyridine rings is 1. The monoisotopic (exact) mass is 351 g/mol. The number of aromatic nitrogens is 1. The number of fused-ring (bicyclic) bond motifs is 1. The van der Waals surface area contributed by atoms with Gasteiger partial charge in [0.15, 0.2) is 0 Å². The molecule has 0 saturated carbocycles. The summed E-state index contributed by atoms with van der Waals surface area (Å²) < 4.78 is 17.6. The van der Waals surface area contributed by atoms with Gasteiger partial charge < -0.3 is 29.0 Å². The Labute approximate surface area is 146 Å². The molecule has 7 nitrogen and oxygen atoms in total. The van der Waals surface area contributed by atoms with E-state index in [2.05, 4.69) is 0 Å². The van der Waals surface area contributed by atoms with Crippen LogP contribution in [0.1, 0.15) is 19.4 Å². The molecule has 0 aliphatic heterocycles. The van der Waals surface area contributed by atoms with Crippen LogP contribution in [0.3, 0.4) is 0 Å². The summed E-state index contributed by atoms with van der Waals surface area (Å²) in [6, 6.07) is 3.43. The molecule has 138 valence electrons. The van der Waals surface area contributed by atoms with Crippen LogP contribution in [-0.2, 0) is 13.5 Å². The zero-order valence-electron chi connectivity index (χ0n) is 15.4. The van der Waals surface area contributed by atoms with Crippen LogP contribution in [0.2, 0.25) is 0 Å². The highest BCUT2D eigenvalue weighted by Crippen LogP contribution is 2.37. The smallest absolute Gasteiger partial charge is 0.257 e. The molecule has 1 aromatic heterocycles. The van der Waals surface area contributed by atoms with E-state index >= 15 is 0 Å². The molecule has 2 aromatic rings. The third kappa shape index (κ3) is 3.43. The predicted molar refractivity (Wildman–Crippen MR) is 94.9 cm³/mol. The number of hydrogen-bond acceptors (Lipinski definition) is 6. The minimum absolute atomic E-state index is 0.0468. The minimum Gasteiger partial charge on any atom is -0.497 e. The molecule has 2 rings (SSSR count). The molecule has 0 spiro atoms. The van der Waals surface area contributed by atoms with Crippen LogP contribution in [0.4, 0.5) is 0 Å². The molecule has 1 atom stereocenters. The maximum Gasteiger partial charge on any atom is 0.257 e. The van der Waals surface area contributed by atoms with Gasteiger partial charge in [0.25, 0.3) is 5.56 Å². The zero-order valence-corrected chi connectivity index (χ0v) is 15.4. The number of hydrogen-bond donors (Lipinski definition) is 2. The number of aliphatic hydroxyl groups is 2. The Morgan fingerprint density at radius 3 is 2.28 bits per heavy atom. The van der Waals surface area contributed by atoms with E-state index in [0.717, 1.165) is 0 Å². The lowest BCUT2D eigenvalue weighted by Crippen LogP contribution is -2.39. The highest BCUT2D eigenvalue weighted by Gasteiger charge is 2.29. The van der Waals surface area contributed by atoms with Crippen molar-refractivity contribution in [1.29, 1.82) is 0 Å². The maximum absolute atomic E-state index is 12.9. The first kappa shape index (κ1) is 19.1. The van der Waals surface area contributed by atoms with Gasteiger partial charge in [0.1, 0.15) is 17.2 Å². The van der Waals surface area contributed by atoms with Crippen LogP contribution in [-0.4, -0.2) is 47.8 Å². The number of ether oxygens (including phenoxy) is 3. The fraction of sp³-hybridized carbons (Fsp3) is 0.500. The Bertz CT molecular complexity index is 834. The van der Waals surface area contributed by atoms with Crippen molar-refractivity contribution in [2.45, 2.75) is 32.0 Å². The summed E-state index contributed by atoms with van der Waals surface area (Å²) in [7, 11) is 6.13. The second-order valence-electron chi connectivity index (χ2n) is 6.48. The van der Waals surface area contributed by atoms with Gasteiger partial charge in [-0.2, -0.15) is 0 Å². The average Bonchev–Trinajstić information content (AvgIpc) is 2.57. The van der Waals surface area contributed by atoms with Crippen molar-refractivity contribution in [2.24, 2.45) is 7.05 Å². The molecule has 0 fully saturated rings. The molecular formula is C18H25NO6. The zero-order chi connectivity index (χ0) is 18.9. The lowest BCUT2D eigenvalue weighted by molar-refractivity contribution is -0.0472. The Morgan fingerprint density at radius 1 is 1.16 bits per heavy atom. The van der Waals surface area contributed by atoms with Crippen LogP contribution < -0.4 is 19.8 Å². The predicted octanol–water partition coefficient (Wildman–Crippen LogP) is 1.24. The van der Waals surface area contributed by atoms with E-state index in [-0.39, 0.29) is 17.5 Å². The molecule has 0 aliphatic carbocycles. The van der Waals surface area contributed by atoms with Gasteiger partial charge in [-0.1, -0.05) is 0 Å². The third-order valence-electron chi connectivity index (χ3n) is 4.34. The summed E-state index contributed by atoms with van der Waals surface area (Å²) in [4.78, 5) is 12.9. The van der Waals surface area contributed by atoms with E-state index in [0.29, 0.717) is 28.2 Å². The van der Waals surface area contributed by atoms with Crippen LogP contribution in [0, 0.1) is 0 Å². The fourth-order valence-corrected chi connectivity index (χ4v) is 2.80. The van der Waals surface area contributed by atoms with Gasteiger partial charge in [0, 0.05) is 24.9 Å². The van der Waals surface area contributed by atoms with Gasteiger partial charge in [-0.25, -0.2) is 0 Å². The number of rotatable bonds is 6. The number of aliphatic hydroxyl groups excluding tert-OH is 1. The van der Waals surface area contributed by atoms with Crippen molar-refractivity contribution >= 4 is 10.9 Å². The van der Waals surface area contributed by atoms with Crippen molar-refractivity contribution in [1.82, 2.24) is 4.57 Å². The number of benzene rings is 1. The van der Waals surface area contributed by atoms with E-state index in [1.165, 1.54) is 39.7 Å². The van der Waals surface area contributed by atoms with Crippen LogP contribution in [0.25, 0.3) is 10.9 Å². The fourth-order valence-electron chi connectivity index (χ4n) is 2.80. The van der Waals surface area contributed by atoms with E-state index in [4.69, 9.17) is 14.2 Å². The summed E-state index contributed by atoms with van der Waals surface area (Å²) in [5, 5.41) is 20.9. The van der Waals surface area contributed by atoms with Gasteiger partial charge in [-0.05, 0) is 19.9 Å². The van der Waals surface area contributed by atoms with Crippen molar-refractivity contribution in [3.8, 4) is 17.2 Å². The van der Waals surface area contributed by atoms with E-state index in [9.17, 15) is 15.0 Å². The van der Waals surface area contributed by atoms with Crippen LogP contribution in [0.5, 0.6) is 17.2 Å². The number of aryl methyl sites for hydroxylation is 1. The maximum atomic E-state index is 12.9. The van der Waals surface area contributed by atoms with Crippen molar-refractivity contribution in [3.63, 3.8) is 0 Å². The second kappa shape index (κ2) is 6.93. The van der Waals surface area contributed by atoms with E-state index in [1.807, 2.05) is 0 Å². The third-order valence-corrected chi connectivity index (χ3v) is 4.34. The Balaban J connectivity index is 2.84. The highest BCUT2D eigenvalue weighted by atomic mass is 16.5. The quantitative estimate of drug-likeness (QED) is 0.814. The molecular weight excluding hydrogens is 326 g/mol. The molecule has 1 heterocycles. The highest BCUT2D eigenvalue weighted by molar-refractivity contribution is 5.92. The van der Waals surface area contributed by atoms with Gasteiger partial charge in [-0.15, -0.1) is 0 Å². The minimum atomic E-state index is -1.35. The van der Waals surface area contributed by atoms with E-state index < -0.39 is 11.7 Å². The average molecular weight is 351 g/mol. The largest absolute Gasteiger partial charge is 0.497 e. The molecule has 25 heavy (non-hydrogen) atoms. The first-order valence-electron chi connectivity index (χ1n) is 7.87. The van der Waals surface area contributed by atoms with Gasteiger partial charge in [0.05, 0.1) is 44.1 Å². The Kier molecular flexibility index (Phi) is 5.29. The SMILES string of the molecule is COc1cc(OC)c2c(c1)c(OC)c(CC(O)C(C)(C)O)c(=O)n2C. The van der Waals surface area contributed by atoms with Gasteiger partial charge >= 0.3 is 0 Å². The molecule has 0 amide bonds. The summed E-state index contributed by atoms with van der Waals surface area (Å²) in [6.07, 6.45) is -1.17. The number of nitrogens with zero attached hydrogens (tertiary/aromatic N) is 1. The molecule has 0 bridgehead atoms. The molecule has 1 aromatic carbocycles. The Morgan fingerprint density at radius 2 is 1.80 bits per heavy atom. The lowest BCUT2D eigenvalue weighted by atomic mass is 9.94. The standard InChI is InChI=1S/C18H25NO6/c1-18(2,22)14(20)9-12-16(25-6)11-7-10(23-4)8-13(24-5)15(11)19(3)17(12)21/h7-8,14,20,22H,9H2,1-6H3. The molecule has 2 N–H and O–H groups in total. The molecule has 0 radical (unpaired) electrons. The molecule has 0 aliphatic rings. The summed E-state index contributed by atoms with van der Waals surface area (Å²) in [5.41, 5.74) is -0.831. The lowest BCUT2D eigenvalue weighted by Gasteiger charge is -2.25. The number of methoxy groups -OCH3 is 3. The van der Waals surface area contributed by atoms with E-state index in [1.54, 1.807) is 19.2 Å². The molecule has 7 heteroatoms. The normalized spacial score (nSPS) is 13.0. The van der Waals surface area contributed by atoms with Crippen LogP contribution >= 0.6 is 0 Å². The summed E-state index contributed by atoms with van der Waals surface area (Å²) in [6.45, 7) is 2.98. The van der Waals surface area contributed by atoms with Gasteiger partial charge in [-0.3, -0.25) is 4.79 Å². The van der Waals surface area contributed by atoms with Gasteiger partial charge in [0.2, 0.25) is 0 Å². The molecule has 1 unspecified atom stereocenters. The summed E-state index contributed by atoms with van der Waals surface area (Å²) in [5.74, 6) is 1.36. The topological polar surface area (TPSA) is 90.2 Å². The summed E-state index contributed by atoms with van der Waals surface area (Å²) >= 11 is 0. The Hall–Kier alpha value is -2.25. The first-order valence-corrected chi connectivity index (χ1v) is 7.87. The van der Waals surface area contributed by atoms with Crippen LogP contribution in [0.15, 0.2) is 16.9 Å². The first-order chi connectivity index (χ1) is 11.6.